The van der Waals surface area contributed by atoms with Crippen LogP contribution in [0.3, 0.4) is 0 Å². The maximum absolute atomic E-state index is 6.38. The van der Waals surface area contributed by atoms with Gasteiger partial charge >= 0.3 is 0 Å². The molecule has 2 rings (SSSR count). The van der Waals surface area contributed by atoms with E-state index in [1.165, 1.54) is 0 Å². The van der Waals surface area contributed by atoms with Crippen LogP contribution in [0, 0.1) is 0 Å². The van der Waals surface area contributed by atoms with Gasteiger partial charge in [-0.15, -0.1) is 0 Å². The van der Waals surface area contributed by atoms with Gasteiger partial charge in [-0.3, -0.25) is 4.68 Å². The minimum absolute atomic E-state index is 0.288. The highest BCUT2D eigenvalue weighted by Crippen LogP contribution is 2.26. The minimum atomic E-state index is 0.288. The number of nitrogens with one attached hydrogen (secondary N) is 1. The van der Waals surface area contributed by atoms with Crippen molar-refractivity contribution in [2.24, 2.45) is 0 Å². The third kappa shape index (κ3) is 4.29. The molecule has 1 atom stereocenters. The lowest BCUT2D eigenvalue weighted by Gasteiger charge is -2.20. The fourth-order valence-electron chi connectivity index (χ4n) is 2.41. The standard InChI is InChI=1S/C16H23ClN4/c1-4-21-16(19-11-20-21)9-13(10-18-12(2)3)14-7-5-6-8-15(14)17/h5-8,11-13,18H,4,9-10H2,1-3H3. The first kappa shape index (κ1) is 16.0. The molecule has 2 aromatic rings. The van der Waals surface area contributed by atoms with E-state index in [0.29, 0.717) is 6.04 Å². The number of benzene rings is 1. The van der Waals surface area contributed by atoms with Gasteiger partial charge in [-0.25, -0.2) is 4.98 Å². The molecule has 5 heteroatoms. The molecule has 0 bridgehead atoms. The van der Waals surface area contributed by atoms with Crippen LogP contribution in [0.4, 0.5) is 0 Å². The maximum atomic E-state index is 6.38. The second-order valence-corrected chi connectivity index (χ2v) is 5.88. The molecule has 0 aliphatic rings. The summed E-state index contributed by atoms with van der Waals surface area (Å²) in [5.74, 6) is 1.29. The molecule has 114 valence electrons. The van der Waals surface area contributed by atoms with E-state index in [2.05, 4.69) is 42.2 Å². The van der Waals surface area contributed by atoms with Crippen LogP contribution < -0.4 is 5.32 Å². The van der Waals surface area contributed by atoms with Gasteiger partial charge in [0.05, 0.1) is 0 Å². The molecule has 0 amide bonds. The summed E-state index contributed by atoms with van der Waals surface area (Å²) in [6.45, 7) is 8.09. The van der Waals surface area contributed by atoms with Crippen molar-refractivity contribution in [1.82, 2.24) is 20.1 Å². The number of halogens is 1. The molecule has 0 spiro atoms. The van der Waals surface area contributed by atoms with Gasteiger partial charge in [-0.2, -0.15) is 5.10 Å². The molecule has 1 heterocycles. The van der Waals surface area contributed by atoms with Crippen molar-refractivity contribution in [3.05, 3.63) is 47.0 Å². The molecule has 1 aromatic carbocycles. The summed E-state index contributed by atoms with van der Waals surface area (Å²) < 4.78 is 1.94. The number of aryl methyl sites for hydroxylation is 1. The van der Waals surface area contributed by atoms with Gasteiger partial charge in [-0.05, 0) is 18.6 Å². The maximum Gasteiger partial charge on any atom is 0.138 e. The van der Waals surface area contributed by atoms with Gasteiger partial charge in [0.1, 0.15) is 12.2 Å². The summed E-state index contributed by atoms with van der Waals surface area (Å²) in [5.41, 5.74) is 1.16. The summed E-state index contributed by atoms with van der Waals surface area (Å²) in [6, 6.07) is 8.49. The van der Waals surface area contributed by atoms with Gasteiger partial charge in [-0.1, -0.05) is 43.6 Å². The van der Waals surface area contributed by atoms with Crippen LogP contribution in [-0.4, -0.2) is 27.4 Å². The van der Waals surface area contributed by atoms with E-state index in [4.69, 9.17) is 11.6 Å². The summed E-state index contributed by atoms with van der Waals surface area (Å²) >= 11 is 6.38. The summed E-state index contributed by atoms with van der Waals surface area (Å²) in [6.07, 6.45) is 2.45. The number of hydrogen-bond donors (Lipinski definition) is 1. The molecule has 0 aliphatic heterocycles. The van der Waals surface area contributed by atoms with E-state index in [-0.39, 0.29) is 5.92 Å². The Bertz CT molecular complexity index is 565. The highest BCUT2D eigenvalue weighted by Gasteiger charge is 2.18. The second kappa shape index (κ2) is 7.57. The lowest BCUT2D eigenvalue weighted by molar-refractivity contribution is 0.505. The Balaban J connectivity index is 2.22. The summed E-state index contributed by atoms with van der Waals surface area (Å²) in [5, 5.41) is 8.57. The third-order valence-electron chi connectivity index (χ3n) is 3.54. The number of nitrogens with zero attached hydrogens (tertiary/aromatic N) is 3. The number of aromatic nitrogens is 3. The van der Waals surface area contributed by atoms with Crippen LogP contribution in [0.15, 0.2) is 30.6 Å². The Morgan fingerprint density at radius 1 is 1.29 bits per heavy atom. The quantitative estimate of drug-likeness (QED) is 0.853. The molecule has 4 nitrogen and oxygen atoms in total. The monoisotopic (exact) mass is 306 g/mol. The van der Waals surface area contributed by atoms with E-state index >= 15 is 0 Å². The predicted molar refractivity (Wildman–Crippen MR) is 86.7 cm³/mol. The van der Waals surface area contributed by atoms with Crippen LogP contribution in [0.5, 0.6) is 0 Å². The molecular formula is C16H23ClN4. The normalized spacial score (nSPS) is 12.8. The van der Waals surface area contributed by atoms with Crippen LogP contribution in [0.25, 0.3) is 0 Å². The van der Waals surface area contributed by atoms with E-state index in [9.17, 15) is 0 Å². The van der Waals surface area contributed by atoms with Crippen LogP contribution in [0.1, 0.15) is 38.1 Å². The SMILES string of the molecule is CCn1ncnc1CC(CNC(C)C)c1ccccc1Cl. The summed E-state index contributed by atoms with van der Waals surface area (Å²) in [7, 11) is 0. The Morgan fingerprint density at radius 2 is 2.05 bits per heavy atom. The first-order valence-corrected chi connectivity index (χ1v) is 7.84. The van der Waals surface area contributed by atoms with Gasteiger partial charge in [0, 0.05) is 36.5 Å². The first-order valence-electron chi connectivity index (χ1n) is 7.46. The van der Waals surface area contributed by atoms with Crippen LogP contribution in [-0.2, 0) is 13.0 Å². The molecule has 0 aliphatic carbocycles. The molecule has 21 heavy (non-hydrogen) atoms. The molecule has 0 saturated heterocycles. The highest BCUT2D eigenvalue weighted by atomic mass is 35.5. The number of rotatable bonds is 7. The van der Waals surface area contributed by atoms with Crippen molar-refractivity contribution in [3.63, 3.8) is 0 Å². The van der Waals surface area contributed by atoms with Crippen molar-refractivity contribution in [1.29, 1.82) is 0 Å². The van der Waals surface area contributed by atoms with Crippen molar-refractivity contribution in [2.45, 2.75) is 45.7 Å². The zero-order chi connectivity index (χ0) is 15.2. The molecule has 1 N–H and O–H groups in total. The lowest BCUT2D eigenvalue weighted by atomic mass is 9.95. The van der Waals surface area contributed by atoms with E-state index < -0.39 is 0 Å². The average molecular weight is 307 g/mol. The molecule has 0 fully saturated rings. The molecule has 0 saturated carbocycles. The van der Waals surface area contributed by atoms with Gasteiger partial charge in [0.2, 0.25) is 0 Å². The van der Waals surface area contributed by atoms with E-state index in [0.717, 1.165) is 35.9 Å². The minimum Gasteiger partial charge on any atom is -0.314 e. The Hall–Kier alpha value is -1.39. The van der Waals surface area contributed by atoms with Crippen LogP contribution in [0.2, 0.25) is 5.02 Å². The van der Waals surface area contributed by atoms with Crippen molar-refractivity contribution in [3.8, 4) is 0 Å². The molecule has 1 aromatic heterocycles. The van der Waals surface area contributed by atoms with Crippen LogP contribution >= 0.6 is 11.6 Å². The molecule has 0 radical (unpaired) electrons. The van der Waals surface area contributed by atoms with Gasteiger partial charge < -0.3 is 5.32 Å². The third-order valence-corrected chi connectivity index (χ3v) is 3.89. The van der Waals surface area contributed by atoms with E-state index in [1.54, 1.807) is 6.33 Å². The molecule has 1 unspecified atom stereocenters. The predicted octanol–water partition coefficient (Wildman–Crippen LogP) is 3.28. The van der Waals surface area contributed by atoms with Gasteiger partial charge in [0.15, 0.2) is 0 Å². The zero-order valence-electron chi connectivity index (χ0n) is 12.9. The fraction of sp³-hybridized carbons (Fsp3) is 0.500. The summed E-state index contributed by atoms with van der Waals surface area (Å²) in [4.78, 5) is 4.39. The lowest BCUT2D eigenvalue weighted by Crippen LogP contribution is -2.29. The number of hydrogen-bond acceptors (Lipinski definition) is 3. The topological polar surface area (TPSA) is 42.7 Å². The zero-order valence-corrected chi connectivity index (χ0v) is 13.6. The Labute approximate surface area is 131 Å². The first-order chi connectivity index (χ1) is 10.1. The van der Waals surface area contributed by atoms with E-state index in [1.807, 2.05) is 22.9 Å². The van der Waals surface area contributed by atoms with Crippen molar-refractivity contribution >= 4 is 11.6 Å². The van der Waals surface area contributed by atoms with Crippen molar-refractivity contribution < 1.29 is 0 Å². The fourth-order valence-corrected chi connectivity index (χ4v) is 2.70. The molecular weight excluding hydrogens is 284 g/mol. The largest absolute Gasteiger partial charge is 0.314 e. The average Bonchev–Trinajstić information content (AvgIpc) is 2.91. The smallest absolute Gasteiger partial charge is 0.138 e. The Morgan fingerprint density at radius 3 is 2.71 bits per heavy atom. The highest BCUT2D eigenvalue weighted by molar-refractivity contribution is 6.31. The Kier molecular flexibility index (Phi) is 5.76. The van der Waals surface area contributed by atoms with Gasteiger partial charge in [0.25, 0.3) is 0 Å². The second-order valence-electron chi connectivity index (χ2n) is 5.48. The van der Waals surface area contributed by atoms with Crippen molar-refractivity contribution in [2.75, 3.05) is 6.54 Å².